The van der Waals surface area contributed by atoms with E-state index < -0.39 is 34.8 Å². The standard InChI is InChI=1S/C16H32NO8PSi/c1-10(18)17-11-8-12-13(23-14(11)24-26(19,20)21)9-22-27(25-12,15(2,3)4)16(5,6)7/h11-14H,8-9H2,1-7H3,(H,17,18)(H2,19,20,21)/t11-,12+,13-,14-/m1/s1. The molecule has 1 amide bonds. The van der Waals surface area contributed by atoms with Gasteiger partial charge in [-0.3, -0.25) is 9.32 Å². The molecule has 27 heavy (non-hydrogen) atoms. The Balaban J connectivity index is 2.29. The fraction of sp³-hybridized carbons (Fsp3) is 0.938. The number of fused-ring (bicyclic) bond motifs is 1. The normalized spacial score (nSPS) is 31.9. The van der Waals surface area contributed by atoms with E-state index in [4.69, 9.17) is 27.9 Å². The molecule has 0 radical (unpaired) electrons. The molecule has 11 heteroatoms. The Hall–Kier alpha value is -0.323. The number of carbonyl (C=O) groups is 1. The van der Waals surface area contributed by atoms with Gasteiger partial charge in [0.2, 0.25) is 5.91 Å². The van der Waals surface area contributed by atoms with E-state index in [1.807, 2.05) is 0 Å². The lowest BCUT2D eigenvalue weighted by atomic mass is 10.0. The predicted octanol–water partition coefficient (Wildman–Crippen LogP) is 2.17. The van der Waals surface area contributed by atoms with Crippen LogP contribution in [-0.2, 0) is 27.5 Å². The number of phosphoric acid groups is 1. The quantitative estimate of drug-likeness (QED) is 0.464. The van der Waals surface area contributed by atoms with Crippen LogP contribution in [0.15, 0.2) is 0 Å². The fourth-order valence-corrected chi connectivity index (χ4v) is 9.55. The summed E-state index contributed by atoms with van der Waals surface area (Å²) in [6.45, 7) is 14.2. The molecule has 2 fully saturated rings. The van der Waals surface area contributed by atoms with Crippen LogP contribution in [0.5, 0.6) is 0 Å². The van der Waals surface area contributed by atoms with Crippen molar-refractivity contribution in [1.29, 1.82) is 0 Å². The van der Waals surface area contributed by atoms with E-state index >= 15 is 0 Å². The molecule has 0 aromatic carbocycles. The second-order valence-corrected chi connectivity index (χ2v) is 15.2. The van der Waals surface area contributed by atoms with Crippen molar-refractivity contribution in [2.45, 2.75) is 89.5 Å². The number of nitrogens with one attached hydrogen (secondary N) is 1. The van der Waals surface area contributed by atoms with Crippen molar-refractivity contribution in [3.05, 3.63) is 0 Å². The highest BCUT2D eigenvalue weighted by Gasteiger charge is 2.63. The molecule has 2 saturated heterocycles. The highest BCUT2D eigenvalue weighted by molar-refractivity contribution is 7.46. The zero-order chi connectivity index (χ0) is 20.8. The number of ether oxygens (including phenoxy) is 1. The molecule has 0 aromatic heterocycles. The first-order valence-corrected chi connectivity index (χ1v) is 12.4. The van der Waals surface area contributed by atoms with Crippen molar-refractivity contribution in [3.63, 3.8) is 0 Å². The third-order valence-electron chi connectivity index (χ3n) is 4.91. The summed E-state index contributed by atoms with van der Waals surface area (Å²) in [6.07, 6.45) is -1.85. The summed E-state index contributed by atoms with van der Waals surface area (Å²) in [6, 6.07) is -0.735. The summed E-state index contributed by atoms with van der Waals surface area (Å²) in [5, 5.41) is 2.24. The van der Waals surface area contributed by atoms with Gasteiger partial charge in [-0.05, 0) is 0 Å². The molecule has 0 spiro atoms. The molecule has 0 unspecified atom stereocenters. The average Bonchev–Trinajstić information content (AvgIpc) is 2.42. The first-order valence-electron chi connectivity index (χ1n) is 9.04. The zero-order valence-electron chi connectivity index (χ0n) is 17.0. The maximum Gasteiger partial charge on any atom is 0.472 e. The molecule has 158 valence electrons. The largest absolute Gasteiger partial charge is 0.472 e. The molecule has 2 aliphatic heterocycles. The smallest absolute Gasteiger partial charge is 0.391 e. The lowest BCUT2D eigenvalue weighted by Gasteiger charge is -2.56. The minimum atomic E-state index is -4.79. The Labute approximate surface area is 161 Å². The van der Waals surface area contributed by atoms with Crippen LogP contribution in [0, 0.1) is 0 Å². The van der Waals surface area contributed by atoms with Crippen LogP contribution >= 0.6 is 7.82 Å². The van der Waals surface area contributed by atoms with E-state index in [1.165, 1.54) is 6.92 Å². The summed E-state index contributed by atoms with van der Waals surface area (Å²) < 4.78 is 34.7. The lowest BCUT2D eigenvalue weighted by molar-refractivity contribution is -0.228. The molecule has 2 heterocycles. The van der Waals surface area contributed by atoms with Gasteiger partial charge in [-0.2, -0.15) is 0 Å². The van der Waals surface area contributed by atoms with Gasteiger partial charge >= 0.3 is 16.4 Å². The monoisotopic (exact) mass is 425 g/mol. The van der Waals surface area contributed by atoms with Gasteiger partial charge in [0.05, 0.1) is 18.8 Å². The van der Waals surface area contributed by atoms with Gasteiger partial charge in [0.25, 0.3) is 0 Å². The number of rotatable bonds is 3. The minimum absolute atomic E-state index is 0.209. The molecule has 0 aliphatic carbocycles. The molecule has 2 rings (SSSR count). The van der Waals surface area contributed by atoms with Gasteiger partial charge in [-0.1, -0.05) is 41.5 Å². The molecule has 3 N–H and O–H groups in total. The van der Waals surface area contributed by atoms with Crippen molar-refractivity contribution in [1.82, 2.24) is 5.32 Å². The van der Waals surface area contributed by atoms with E-state index in [0.717, 1.165) is 0 Å². The number of hydrogen-bond acceptors (Lipinski definition) is 6. The first kappa shape index (κ1) is 23.0. The summed E-state index contributed by atoms with van der Waals surface area (Å²) in [5.74, 6) is -0.344. The molecule has 9 nitrogen and oxygen atoms in total. The second kappa shape index (κ2) is 7.49. The van der Waals surface area contributed by atoms with Crippen molar-refractivity contribution in [2.75, 3.05) is 6.61 Å². The van der Waals surface area contributed by atoms with Crippen molar-refractivity contribution < 1.29 is 37.3 Å². The Morgan fingerprint density at radius 2 is 1.70 bits per heavy atom. The van der Waals surface area contributed by atoms with E-state index in [9.17, 15) is 9.36 Å². The third kappa shape index (κ3) is 5.00. The summed E-state index contributed by atoms with van der Waals surface area (Å²) in [5.41, 5.74) is 0. The Morgan fingerprint density at radius 1 is 1.15 bits per heavy atom. The summed E-state index contributed by atoms with van der Waals surface area (Å²) >= 11 is 0. The second-order valence-electron chi connectivity index (χ2n) is 9.27. The van der Waals surface area contributed by atoms with Gasteiger partial charge in [0.1, 0.15) is 6.10 Å². The Morgan fingerprint density at radius 3 is 2.15 bits per heavy atom. The topological polar surface area (TPSA) is 124 Å². The third-order valence-corrected chi connectivity index (χ3v) is 10.6. The Bertz CT molecular complexity index is 597. The zero-order valence-corrected chi connectivity index (χ0v) is 18.9. The average molecular weight is 425 g/mol. The highest BCUT2D eigenvalue weighted by atomic mass is 31.2. The van der Waals surface area contributed by atoms with Gasteiger partial charge in [0.15, 0.2) is 6.29 Å². The van der Waals surface area contributed by atoms with E-state index in [2.05, 4.69) is 46.9 Å². The number of amides is 1. The van der Waals surface area contributed by atoms with E-state index in [-0.39, 0.29) is 28.7 Å². The fourth-order valence-electron chi connectivity index (χ4n) is 4.12. The molecule has 0 aromatic rings. The van der Waals surface area contributed by atoms with Crippen LogP contribution in [0.25, 0.3) is 0 Å². The number of carbonyl (C=O) groups excluding carboxylic acids is 1. The lowest BCUT2D eigenvalue weighted by Crippen LogP contribution is -2.68. The van der Waals surface area contributed by atoms with Crippen LogP contribution in [0.2, 0.25) is 10.1 Å². The van der Waals surface area contributed by atoms with Crippen LogP contribution in [0.3, 0.4) is 0 Å². The number of hydrogen-bond donors (Lipinski definition) is 3. The van der Waals surface area contributed by atoms with Gasteiger partial charge in [-0.25, -0.2) is 4.57 Å². The van der Waals surface area contributed by atoms with Crippen LogP contribution < -0.4 is 5.32 Å². The number of phosphoric ester groups is 1. The van der Waals surface area contributed by atoms with Crippen LogP contribution in [-0.4, -0.2) is 55.4 Å². The first-order chi connectivity index (χ1) is 12.1. The van der Waals surface area contributed by atoms with Crippen molar-refractivity contribution in [2.24, 2.45) is 0 Å². The van der Waals surface area contributed by atoms with Crippen LogP contribution in [0.1, 0.15) is 54.9 Å². The molecular formula is C16H32NO8PSi. The predicted molar refractivity (Wildman–Crippen MR) is 100 cm³/mol. The SMILES string of the molecule is CC(=O)N[C@@H]1C[C@@H]2O[Si](C(C)(C)C)(C(C)(C)C)OC[C@H]2O[C@@H]1OP(=O)(O)O. The van der Waals surface area contributed by atoms with Crippen LogP contribution in [0.4, 0.5) is 0 Å². The molecular weight excluding hydrogens is 393 g/mol. The highest BCUT2D eigenvalue weighted by Crippen LogP contribution is 2.55. The maximum absolute atomic E-state index is 11.6. The molecule has 2 aliphatic rings. The molecule has 0 saturated carbocycles. The van der Waals surface area contributed by atoms with Gasteiger partial charge < -0.3 is 28.7 Å². The molecule has 0 bridgehead atoms. The Kier molecular flexibility index (Phi) is 6.37. The van der Waals surface area contributed by atoms with E-state index in [1.54, 1.807) is 0 Å². The summed E-state index contributed by atoms with van der Waals surface area (Å²) in [4.78, 5) is 29.9. The van der Waals surface area contributed by atoms with Crippen molar-refractivity contribution >= 4 is 22.3 Å². The van der Waals surface area contributed by atoms with Gasteiger partial charge in [-0.15, -0.1) is 0 Å². The van der Waals surface area contributed by atoms with Crippen molar-refractivity contribution in [3.8, 4) is 0 Å². The van der Waals surface area contributed by atoms with E-state index in [0.29, 0.717) is 6.42 Å². The minimum Gasteiger partial charge on any atom is -0.391 e. The van der Waals surface area contributed by atoms with Gasteiger partial charge in [0, 0.05) is 23.4 Å². The maximum atomic E-state index is 11.6. The molecule has 4 atom stereocenters. The summed E-state index contributed by atoms with van der Waals surface area (Å²) in [7, 11) is -7.51.